The molecule has 100 valence electrons. The van der Waals surface area contributed by atoms with E-state index in [1.807, 2.05) is 33.8 Å². The minimum atomic E-state index is -0.560. The molecule has 3 nitrogen and oxygen atoms in total. The topological polar surface area (TPSA) is 49.3 Å². The number of benzene rings is 1. The zero-order valence-corrected chi connectivity index (χ0v) is 12.8. The molecule has 0 radical (unpaired) electrons. The van der Waals surface area contributed by atoms with Crippen LogP contribution in [0.25, 0.3) is 0 Å². The van der Waals surface area contributed by atoms with Crippen molar-refractivity contribution in [2.75, 3.05) is 6.54 Å². The van der Waals surface area contributed by atoms with Gasteiger partial charge in [0.15, 0.2) is 0 Å². The molecular weight excluding hydrogens is 294 g/mol. The number of nitrogens with one attached hydrogen (secondary N) is 1. The Morgan fingerprint density at radius 2 is 2.06 bits per heavy atom. The maximum absolute atomic E-state index is 11.9. The van der Waals surface area contributed by atoms with Gasteiger partial charge in [-0.05, 0) is 30.0 Å². The highest BCUT2D eigenvalue weighted by Gasteiger charge is 2.22. The fourth-order valence-corrected chi connectivity index (χ4v) is 1.71. The largest absolute Gasteiger partial charge is 0.391 e. The molecule has 1 amide bonds. The fourth-order valence-electron chi connectivity index (χ4n) is 1.33. The van der Waals surface area contributed by atoms with Gasteiger partial charge < -0.3 is 10.4 Å². The maximum Gasteiger partial charge on any atom is 0.251 e. The lowest BCUT2D eigenvalue weighted by Crippen LogP contribution is -2.39. The summed E-state index contributed by atoms with van der Waals surface area (Å²) in [6.45, 7) is 8.04. The summed E-state index contributed by atoms with van der Waals surface area (Å²) >= 11 is 3.40. The quantitative estimate of drug-likeness (QED) is 0.901. The minimum absolute atomic E-state index is 0.168. The van der Waals surface area contributed by atoms with Crippen LogP contribution >= 0.6 is 15.9 Å². The lowest BCUT2D eigenvalue weighted by molar-refractivity contribution is 0.0587. The summed E-state index contributed by atoms with van der Waals surface area (Å²) in [6.07, 6.45) is -0.560. The average molecular weight is 314 g/mol. The third kappa shape index (κ3) is 4.10. The normalized spacial score (nSPS) is 13.2. The summed E-state index contributed by atoms with van der Waals surface area (Å²) in [6, 6.07) is 5.45. The number of aryl methyl sites for hydroxylation is 1. The molecule has 0 saturated heterocycles. The second-order valence-electron chi connectivity index (χ2n) is 5.56. The van der Waals surface area contributed by atoms with Crippen LogP contribution in [0, 0.1) is 12.3 Å². The molecule has 1 atom stereocenters. The van der Waals surface area contributed by atoms with Crippen molar-refractivity contribution in [2.45, 2.75) is 33.8 Å². The standard InChI is InChI=1S/C14H20BrNO2/c1-9-5-6-10(7-11(9)15)13(18)16-8-12(17)14(2,3)4/h5-7,12,17H,8H2,1-4H3,(H,16,18). The number of aliphatic hydroxyl groups is 1. The molecule has 1 aromatic rings. The van der Waals surface area contributed by atoms with Gasteiger partial charge in [0.2, 0.25) is 0 Å². The highest BCUT2D eigenvalue weighted by molar-refractivity contribution is 9.10. The van der Waals surface area contributed by atoms with Gasteiger partial charge in [0.25, 0.3) is 5.91 Å². The van der Waals surface area contributed by atoms with Crippen LogP contribution in [0.15, 0.2) is 22.7 Å². The van der Waals surface area contributed by atoms with Gasteiger partial charge in [-0.2, -0.15) is 0 Å². The summed E-state index contributed by atoms with van der Waals surface area (Å²) in [5, 5.41) is 12.6. The highest BCUT2D eigenvalue weighted by atomic mass is 79.9. The molecule has 18 heavy (non-hydrogen) atoms. The summed E-state index contributed by atoms with van der Waals surface area (Å²) in [4.78, 5) is 11.9. The molecule has 0 aromatic heterocycles. The predicted molar refractivity (Wildman–Crippen MR) is 76.7 cm³/mol. The Hall–Kier alpha value is -0.870. The van der Waals surface area contributed by atoms with Crippen molar-refractivity contribution in [3.63, 3.8) is 0 Å². The summed E-state index contributed by atoms with van der Waals surface area (Å²) in [7, 11) is 0. The average Bonchev–Trinajstić information content (AvgIpc) is 2.27. The van der Waals surface area contributed by atoms with Crippen LogP contribution in [0.3, 0.4) is 0 Å². The van der Waals surface area contributed by atoms with Crippen LogP contribution in [0.5, 0.6) is 0 Å². The van der Waals surface area contributed by atoms with E-state index >= 15 is 0 Å². The predicted octanol–water partition coefficient (Wildman–Crippen LogP) is 2.89. The molecule has 0 bridgehead atoms. The molecule has 0 aliphatic rings. The monoisotopic (exact) mass is 313 g/mol. The van der Waals surface area contributed by atoms with Gasteiger partial charge in [-0.25, -0.2) is 0 Å². The van der Waals surface area contributed by atoms with Gasteiger partial charge in [0, 0.05) is 16.6 Å². The van der Waals surface area contributed by atoms with E-state index in [9.17, 15) is 9.90 Å². The van der Waals surface area contributed by atoms with Crippen LogP contribution in [-0.2, 0) is 0 Å². The first-order valence-electron chi connectivity index (χ1n) is 5.94. The molecule has 2 N–H and O–H groups in total. The molecular formula is C14H20BrNO2. The molecule has 4 heteroatoms. The van der Waals surface area contributed by atoms with Crippen LogP contribution in [-0.4, -0.2) is 23.7 Å². The van der Waals surface area contributed by atoms with Crippen molar-refractivity contribution in [3.05, 3.63) is 33.8 Å². The molecule has 0 spiro atoms. The minimum Gasteiger partial charge on any atom is -0.391 e. The highest BCUT2D eigenvalue weighted by Crippen LogP contribution is 2.19. The SMILES string of the molecule is Cc1ccc(C(=O)NCC(O)C(C)(C)C)cc1Br. The van der Waals surface area contributed by atoms with Gasteiger partial charge in [-0.3, -0.25) is 4.79 Å². The van der Waals surface area contributed by atoms with Crippen LogP contribution in [0.4, 0.5) is 0 Å². The van der Waals surface area contributed by atoms with Crippen LogP contribution in [0.2, 0.25) is 0 Å². The third-order valence-corrected chi connectivity index (χ3v) is 3.74. The molecule has 0 aliphatic carbocycles. The van der Waals surface area contributed by atoms with E-state index in [2.05, 4.69) is 21.2 Å². The number of carbonyl (C=O) groups is 1. The zero-order chi connectivity index (χ0) is 13.9. The van der Waals surface area contributed by atoms with E-state index in [-0.39, 0.29) is 17.9 Å². The fraction of sp³-hybridized carbons (Fsp3) is 0.500. The van der Waals surface area contributed by atoms with Crippen LogP contribution < -0.4 is 5.32 Å². The summed E-state index contributed by atoms with van der Waals surface area (Å²) < 4.78 is 0.909. The smallest absolute Gasteiger partial charge is 0.251 e. The number of aliphatic hydroxyl groups excluding tert-OH is 1. The van der Waals surface area contributed by atoms with E-state index in [1.165, 1.54) is 0 Å². The first-order chi connectivity index (χ1) is 8.21. The first kappa shape index (κ1) is 15.2. The zero-order valence-electron chi connectivity index (χ0n) is 11.2. The van der Waals surface area contributed by atoms with Gasteiger partial charge in [-0.15, -0.1) is 0 Å². The maximum atomic E-state index is 11.9. The lowest BCUT2D eigenvalue weighted by Gasteiger charge is -2.25. The van der Waals surface area contributed by atoms with Gasteiger partial charge in [0.1, 0.15) is 0 Å². The number of hydrogen-bond donors (Lipinski definition) is 2. The number of rotatable bonds is 3. The molecule has 0 saturated carbocycles. The summed E-state index contributed by atoms with van der Waals surface area (Å²) in [5.74, 6) is -0.168. The molecule has 1 rings (SSSR count). The van der Waals surface area contributed by atoms with Gasteiger partial charge in [-0.1, -0.05) is 42.8 Å². The Balaban J connectivity index is 2.63. The molecule has 1 unspecified atom stereocenters. The van der Waals surface area contributed by atoms with E-state index in [4.69, 9.17) is 0 Å². The molecule has 0 heterocycles. The number of hydrogen-bond acceptors (Lipinski definition) is 2. The van der Waals surface area contributed by atoms with E-state index in [0.717, 1.165) is 10.0 Å². The molecule has 0 fully saturated rings. The van der Waals surface area contributed by atoms with Gasteiger partial charge in [0.05, 0.1) is 6.10 Å². The first-order valence-corrected chi connectivity index (χ1v) is 6.73. The number of halogens is 1. The van der Waals surface area contributed by atoms with E-state index in [0.29, 0.717) is 5.56 Å². The number of amides is 1. The Bertz CT molecular complexity index is 438. The van der Waals surface area contributed by atoms with Gasteiger partial charge >= 0.3 is 0 Å². The van der Waals surface area contributed by atoms with Crippen molar-refractivity contribution in [3.8, 4) is 0 Å². The Morgan fingerprint density at radius 3 is 2.56 bits per heavy atom. The number of carbonyl (C=O) groups excluding carboxylic acids is 1. The van der Waals surface area contributed by atoms with Crippen molar-refractivity contribution in [1.82, 2.24) is 5.32 Å². The van der Waals surface area contributed by atoms with E-state index < -0.39 is 6.10 Å². The third-order valence-electron chi connectivity index (χ3n) is 2.89. The van der Waals surface area contributed by atoms with Crippen molar-refractivity contribution >= 4 is 21.8 Å². The van der Waals surface area contributed by atoms with Crippen molar-refractivity contribution < 1.29 is 9.90 Å². The summed E-state index contributed by atoms with van der Waals surface area (Å²) in [5.41, 5.74) is 1.44. The van der Waals surface area contributed by atoms with Crippen molar-refractivity contribution in [2.24, 2.45) is 5.41 Å². The van der Waals surface area contributed by atoms with Crippen LogP contribution in [0.1, 0.15) is 36.7 Å². The lowest BCUT2D eigenvalue weighted by atomic mass is 9.89. The second kappa shape index (κ2) is 5.85. The second-order valence-corrected chi connectivity index (χ2v) is 6.41. The Morgan fingerprint density at radius 1 is 1.44 bits per heavy atom. The Labute approximate surface area is 117 Å². The van der Waals surface area contributed by atoms with E-state index in [1.54, 1.807) is 12.1 Å². The molecule has 0 aliphatic heterocycles. The Kier molecular flexibility index (Phi) is 4.93. The molecule has 1 aromatic carbocycles. The van der Waals surface area contributed by atoms with Crippen molar-refractivity contribution in [1.29, 1.82) is 0 Å².